The van der Waals surface area contributed by atoms with Crippen molar-refractivity contribution in [3.05, 3.63) is 89.5 Å². The molecule has 3 rings (SSSR count). The quantitative estimate of drug-likeness (QED) is 0.622. The van der Waals surface area contributed by atoms with Crippen LogP contribution >= 0.6 is 0 Å². The summed E-state index contributed by atoms with van der Waals surface area (Å²) < 4.78 is 32.2. The molecule has 0 aromatic heterocycles. The average Bonchev–Trinajstić information content (AvgIpc) is 2.74. The van der Waals surface area contributed by atoms with Gasteiger partial charge >= 0.3 is 0 Å². The van der Waals surface area contributed by atoms with Gasteiger partial charge in [0.25, 0.3) is 5.91 Å². The van der Waals surface area contributed by atoms with E-state index in [0.717, 1.165) is 11.3 Å². The first kappa shape index (κ1) is 20.6. The third-order valence-corrected chi connectivity index (χ3v) is 5.93. The molecule has 0 heterocycles. The third-order valence-electron chi connectivity index (χ3n) is 4.37. The molecule has 3 aromatic rings. The first-order valence-electron chi connectivity index (χ1n) is 9.01. The molecule has 0 bridgehead atoms. The molecule has 29 heavy (non-hydrogen) atoms. The van der Waals surface area contributed by atoms with Gasteiger partial charge in [-0.3, -0.25) is 4.79 Å². The van der Waals surface area contributed by atoms with Gasteiger partial charge in [0.15, 0.2) is 0 Å². The number of sulfonamides is 1. The highest BCUT2D eigenvalue weighted by Gasteiger charge is 2.16. The molecule has 2 N–H and O–H groups in total. The second kappa shape index (κ2) is 8.89. The van der Waals surface area contributed by atoms with Crippen LogP contribution in [0.1, 0.15) is 21.5 Å². The number of rotatable bonds is 7. The first-order valence-corrected chi connectivity index (χ1v) is 10.5. The Morgan fingerprint density at radius 1 is 0.966 bits per heavy atom. The minimum absolute atomic E-state index is 0.131. The molecule has 0 aliphatic heterocycles. The minimum atomic E-state index is -3.60. The summed E-state index contributed by atoms with van der Waals surface area (Å²) >= 11 is 0. The van der Waals surface area contributed by atoms with Crippen LogP contribution in [0.25, 0.3) is 0 Å². The Morgan fingerprint density at radius 3 is 2.31 bits per heavy atom. The van der Waals surface area contributed by atoms with Crippen LogP contribution in [0.15, 0.2) is 77.7 Å². The molecule has 6 nitrogen and oxygen atoms in total. The van der Waals surface area contributed by atoms with Crippen molar-refractivity contribution in [1.29, 1.82) is 0 Å². The van der Waals surface area contributed by atoms with Crippen LogP contribution in [-0.2, 0) is 16.6 Å². The average molecular weight is 410 g/mol. The monoisotopic (exact) mass is 410 g/mol. The van der Waals surface area contributed by atoms with E-state index in [9.17, 15) is 13.2 Å². The second-order valence-electron chi connectivity index (χ2n) is 6.44. The number of anilines is 1. The van der Waals surface area contributed by atoms with E-state index in [1.807, 2.05) is 42.5 Å². The van der Waals surface area contributed by atoms with Crippen LogP contribution in [0.2, 0.25) is 0 Å². The molecular formula is C22H22N2O4S. The van der Waals surface area contributed by atoms with E-state index in [4.69, 9.17) is 4.74 Å². The van der Waals surface area contributed by atoms with Gasteiger partial charge in [0, 0.05) is 11.3 Å². The largest absolute Gasteiger partial charge is 0.489 e. The van der Waals surface area contributed by atoms with E-state index >= 15 is 0 Å². The van der Waals surface area contributed by atoms with Crippen molar-refractivity contribution in [3.63, 3.8) is 0 Å². The number of amides is 1. The second-order valence-corrected chi connectivity index (χ2v) is 8.30. The van der Waals surface area contributed by atoms with E-state index in [1.165, 1.54) is 13.1 Å². The number of benzene rings is 3. The van der Waals surface area contributed by atoms with Gasteiger partial charge in [-0.15, -0.1) is 0 Å². The van der Waals surface area contributed by atoms with Gasteiger partial charge in [-0.05, 0) is 61.5 Å². The maximum Gasteiger partial charge on any atom is 0.255 e. The summed E-state index contributed by atoms with van der Waals surface area (Å²) in [6, 6.07) is 21.3. The number of ether oxygens (including phenoxy) is 1. The van der Waals surface area contributed by atoms with E-state index in [-0.39, 0.29) is 10.8 Å². The van der Waals surface area contributed by atoms with Gasteiger partial charge in [0.05, 0.1) is 4.90 Å². The summed E-state index contributed by atoms with van der Waals surface area (Å²) in [6.45, 7) is 2.10. The van der Waals surface area contributed by atoms with Crippen LogP contribution in [0, 0.1) is 6.92 Å². The standard InChI is InChI=1S/C22H22N2O4S/c1-16-8-13-19(14-21(16)29(26,27)23-2)24-22(25)18-11-9-17(10-12-18)15-28-20-6-4-3-5-7-20/h3-14,23H,15H2,1-2H3,(H,24,25). The van der Waals surface area contributed by atoms with Gasteiger partial charge in [0.1, 0.15) is 12.4 Å². The van der Waals surface area contributed by atoms with Crippen LogP contribution < -0.4 is 14.8 Å². The summed E-state index contributed by atoms with van der Waals surface area (Å²) in [4.78, 5) is 12.6. The molecule has 0 aliphatic rings. The highest BCUT2D eigenvalue weighted by atomic mass is 32.2. The first-order chi connectivity index (χ1) is 13.9. The van der Waals surface area contributed by atoms with Crippen LogP contribution in [0.5, 0.6) is 5.75 Å². The lowest BCUT2D eigenvalue weighted by molar-refractivity contribution is 0.102. The SMILES string of the molecule is CNS(=O)(=O)c1cc(NC(=O)c2ccc(COc3ccccc3)cc2)ccc1C. The fourth-order valence-corrected chi connectivity index (χ4v) is 3.71. The van der Waals surface area contributed by atoms with E-state index in [0.29, 0.717) is 23.4 Å². The Labute approximate surface area is 170 Å². The minimum Gasteiger partial charge on any atom is -0.489 e. The van der Waals surface area contributed by atoms with Crippen molar-refractivity contribution in [2.45, 2.75) is 18.4 Å². The van der Waals surface area contributed by atoms with Crippen LogP contribution in [0.4, 0.5) is 5.69 Å². The normalized spacial score (nSPS) is 11.1. The topological polar surface area (TPSA) is 84.5 Å². The molecule has 1 amide bonds. The molecule has 0 radical (unpaired) electrons. The number of carbonyl (C=O) groups excluding carboxylic acids is 1. The fourth-order valence-electron chi connectivity index (χ4n) is 2.72. The Balaban J connectivity index is 1.67. The lowest BCUT2D eigenvalue weighted by Crippen LogP contribution is -2.20. The predicted octanol–water partition coefficient (Wildman–Crippen LogP) is 3.73. The van der Waals surface area contributed by atoms with Crippen molar-refractivity contribution in [2.24, 2.45) is 0 Å². The molecule has 0 aliphatic carbocycles. The molecule has 0 saturated heterocycles. The third kappa shape index (κ3) is 5.22. The zero-order valence-electron chi connectivity index (χ0n) is 16.2. The Hall–Kier alpha value is -3.16. The number of hydrogen-bond donors (Lipinski definition) is 2. The molecule has 3 aromatic carbocycles. The number of carbonyl (C=O) groups is 1. The number of hydrogen-bond acceptors (Lipinski definition) is 4. The molecule has 150 valence electrons. The fraction of sp³-hybridized carbons (Fsp3) is 0.136. The van der Waals surface area contributed by atoms with Gasteiger partial charge in [0.2, 0.25) is 10.0 Å². The van der Waals surface area contributed by atoms with Gasteiger partial charge in [-0.2, -0.15) is 0 Å². The van der Waals surface area contributed by atoms with Crippen LogP contribution in [-0.4, -0.2) is 21.4 Å². The van der Waals surface area contributed by atoms with Crippen molar-refractivity contribution < 1.29 is 17.9 Å². The van der Waals surface area contributed by atoms with Gasteiger partial charge in [-0.25, -0.2) is 13.1 Å². The molecule has 0 unspecified atom stereocenters. The van der Waals surface area contributed by atoms with Crippen molar-refractivity contribution in [3.8, 4) is 5.75 Å². The van der Waals surface area contributed by atoms with Crippen LogP contribution in [0.3, 0.4) is 0 Å². The summed E-state index contributed by atoms with van der Waals surface area (Å²) in [5.41, 5.74) is 2.40. The summed E-state index contributed by atoms with van der Waals surface area (Å²) in [7, 11) is -2.25. The van der Waals surface area contributed by atoms with Crippen molar-refractivity contribution >= 4 is 21.6 Å². The maximum atomic E-state index is 12.5. The Morgan fingerprint density at radius 2 is 1.66 bits per heavy atom. The molecule has 7 heteroatoms. The van der Waals surface area contributed by atoms with Crippen molar-refractivity contribution in [1.82, 2.24) is 4.72 Å². The van der Waals surface area contributed by atoms with E-state index in [2.05, 4.69) is 10.0 Å². The predicted molar refractivity (Wildman–Crippen MR) is 113 cm³/mol. The molecule has 0 spiro atoms. The summed E-state index contributed by atoms with van der Waals surface area (Å²) in [6.07, 6.45) is 0. The molecule has 0 fully saturated rings. The summed E-state index contributed by atoms with van der Waals surface area (Å²) in [5, 5.41) is 2.74. The molecule has 0 saturated carbocycles. The number of nitrogens with one attached hydrogen (secondary N) is 2. The zero-order chi connectivity index (χ0) is 20.9. The number of para-hydroxylation sites is 1. The summed E-state index contributed by atoms with van der Waals surface area (Å²) in [5.74, 6) is 0.457. The van der Waals surface area contributed by atoms with Gasteiger partial charge < -0.3 is 10.1 Å². The molecule has 0 atom stereocenters. The van der Waals surface area contributed by atoms with E-state index in [1.54, 1.807) is 31.2 Å². The van der Waals surface area contributed by atoms with Crippen molar-refractivity contribution in [2.75, 3.05) is 12.4 Å². The highest BCUT2D eigenvalue weighted by Crippen LogP contribution is 2.21. The highest BCUT2D eigenvalue weighted by molar-refractivity contribution is 7.89. The Bertz CT molecular complexity index is 1100. The van der Waals surface area contributed by atoms with E-state index < -0.39 is 10.0 Å². The lowest BCUT2D eigenvalue weighted by Gasteiger charge is -2.11. The Kier molecular flexibility index (Phi) is 6.31. The zero-order valence-corrected chi connectivity index (χ0v) is 17.0. The molecular weight excluding hydrogens is 388 g/mol. The maximum absolute atomic E-state index is 12.5. The van der Waals surface area contributed by atoms with Gasteiger partial charge in [-0.1, -0.05) is 36.4 Å². The number of aryl methyl sites for hydroxylation is 1. The lowest BCUT2D eigenvalue weighted by atomic mass is 10.1. The smallest absolute Gasteiger partial charge is 0.255 e.